The second kappa shape index (κ2) is 6.31. The zero-order valence-corrected chi connectivity index (χ0v) is 12.9. The molecule has 6 nitrogen and oxygen atoms in total. The van der Waals surface area contributed by atoms with Crippen LogP contribution in [0.1, 0.15) is 26.3 Å². The predicted octanol–water partition coefficient (Wildman–Crippen LogP) is 1.73. The van der Waals surface area contributed by atoms with Gasteiger partial charge in [0.05, 0.1) is 12.6 Å². The lowest BCUT2D eigenvalue weighted by molar-refractivity contribution is -0.145. The molecule has 0 saturated heterocycles. The third-order valence-corrected chi connectivity index (χ3v) is 3.47. The quantitative estimate of drug-likeness (QED) is 0.868. The summed E-state index contributed by atoms with van der Waals surface area (Å²) >= 11 is 0. The molecule has 1 aromatic carbocycles. The fraction of sp³-hybridized carbons (Fsp3) is 0.400. The molecule has 2 rings (SSSR count). The van der Waals surface area contributed by atoms with Crippen LogP contribution in [0.3, 0.4) is 0 Å². The standard InChI is InChI=1S/C15H16F2N2O4/c1-7(2)6-10(14(21)23-3)19-13(20)11-9(18-15(19)22)5-4-8(16)12(11)17/h4-5,7,10H,6H2,1-3H3,(H,18,22). The molecule has 1 aromatic heterocycles. The summed E-state index contributed by atoms with van der Waals surface area (Å²) in [5.74, 6) is -3.43. The Morgan fingerprint density at radius 2 is 1.96 bits per heavy atom. The van der Waals surface area contributed by atoms with Gasteiger partial charge < -0.3 is 9.72 Å². The summed E-state index contributed by atoms with van der Waals surface area (Å²) in [4.78, 5) is 38.9. The van der Waals surface area contributed by atoms with E-state index in [1.165, 1.54) is 0 Å². The molecule has 0 aliphatic carbocycles. The molecule has 8 heteroatoms. The Morgan fingerprint density at radius 3 is 2.52 bits per heavy atom. The summed E-state index contributed by atoms with van der Waals surface area (Å²) in [5, 5.41) is -0.609. The molecule has 0 fully saturated rings. The first-order valence-electron chi connectivity index (χ1n) is 6.98. The van der Waals surface area contributed by atoms with E-state index in [1.807, 2.05) is 0 Å². The molecule has 1 heterocycles. The van der Waals surface area contributed by atoms with E-state index in [0.717, 1.165) is 19.2 Å². The monoisotopic (exact) mass is 326 g/mol. The molecule has 1 atom stereocenters. The average Bonchev–Trinajstić information content (AvgIpc) is 2.48. The van der Waals surface area contributed by atoms with Gasteiger partial charge in [0.1, 0.15) is 11.4 Å². The Kier molecular flexibility index (Phi) is 4.63. The molecule has 1 N–H and O–H groups in total. The van der Waals surface area contributed by atoms with Gasteiger partial charge in [-0.05, 0) is 24.5 Å². The number of aromatic nitrogens is 2. The van der Waals surface area contributed by atoms with Gasteiger partial charge in [-0.3, -0.25) is 4.79 Å². The van der Waals surface area contributed by atoms with Crippen molar-refractivity contribution in [3.05, 3.63) is 44.6 Å². The molecule has 0 saturated carbocycles. The van der Waals surface area contributed by atoms with Crippen LogP contribution in [-0.2, 0) is 9.53 Å². The molecule has 124 valence electrons. The van der Waals surface area contributed by atoms with Crippen molar-refractivity contribution in [3.63, 3.8) is 0 Å². The molecule has 23 heavy (non-hydrogen) atoms. The summed E-state index contributed by atoms with van der Waals surface area (Å²) < 4.78 is 32.5. The van der Waals surface area contributed by atoms with Crippen LogP contribution in [0, 0.1) is 17.6 Å². The first-order chi connectivity index (χ1) is 10.8. The number of hydrogen-bond acceptors (Lipinski definition) is 4. The van der Waals surface area contributed by atoms with E-state index in [1.54, 1.807) is 13.8 Å². The highest BCUT2D eigenvalue weighted by molar-refractivity contribution is 5.79. The van der Waals surface area contributed by atoms with Crippen molar-refractivity contribution in [2.75, 3.05) is 7.11 Å². The number of carbonyl (C=O) groups excluding carboxylic acids is 1. The van der Waals surface area contributed by atoms with Gasteiger partial charge >= 0.3 is 11.7 Å². The average molecular weight is 326 g/mol. The molecular weight excluding hydrogens is 310 g/mol. The molecule has 0 amide bonds. The van der Waals surface area contributed by atoms with Crippen LogP contribution < -0.4 is 11.2 Å². The minimum Gasteiger partial charge on any atom is -0.467 e. The lowest BCUT2D eigenvalue weighted by Gasteiger charge is -2.18. The number of nitrogens with one attached hydrogen (secondary N) is 1. The SMILES string of the molecule is COC(=O)C(CC(C)C)n1c(=O)[nH]c2ccc(F)c(F)c2c1=O. The van der Waals surface area contributed by atoms with E-state index in [9.17, 15) is 23.2 Å². The highest BCUT2D eigenvalue weighted by Crippen LogP contribution is 2.19. The second-order valence-corrected chi connectivity index (χ2v) is 5.56. The van der Waals surface area contributed by atoms with Crippen molar-refractivity contribution in [1.82, 2.24) is 9.55 Å². The van der Waals surface area contributed by atoms with Gasteiger partial charge in [0.25, 0.3) is 5.56 Å². The summed E-state index contributed by atoms with van der Waals surface area (Å²) in [5.41, 5.74) is -2.09. The smallest absolute Gasteiger partial charge is 0.329 e. The van der Waals surface area contributed by atoms with E-state index >= 15 is 0 Å². The fourth-order valence-corrected chi connectivity index (χ4v) is 2.42. The van der Waals surface area contributed by atoms with Crippen LogP contribution in [-0.4, -0.2) is 22.6 Å². The Morgan fingerprint density at radius 1 is 1.30 bits per heavy atom. The largest absolute Gasteiger partial charge is 0.467 e. The van der Waals surface area contributed by atoms with Crippen LogP contribution in [0.15, 0.2) is 21.7 Å². The van der Waals surface area contributed by atoms with Gasteiger partial charge in [-0.25, -0.2) is 22.9 Å². The van der Waals surface area contributed by atoms with E-state index in [4.69, 9.17) is 0 Å². The number of rotatable bonds is 4. The fourth-order valence-electron chi connectivity index (χ4n) is 2.42. The zero-order chi connectivity index (χ0) is 17.3. The molecule has 1 unspecified atom stereocenters. The Balaban J connectivity index is 2.82. The maximum Gasteiger partial charge on any atom is 0.329 e. The number of hydrogen-bond donors (Lipinski definition) is 1. The number of methoxy groups -OCH3 is 1. The van der Waals surface area contributed by atoms with Gasteiger partial charge in [-0.15, -0.1) is 0 Å². The number of ether oxygens (including phenoxy) is 1. The van der Waals surface area contributed by atoms with E-state index in [2.05, 4.69) is 9.72 Å². The van der Waals surface area contributed by atoms with Crippen LogP contribution >= 0.6 is 0 Å². The summed E-state index contributed by atoms with van der Waals surface area (Å²) in [6.45, 7) is 3.58. The van der Waals surface area contributed by atoms with Crippen LogP contribution in [0.2, 0.25) is 0 Å². The molecule has 0 aliphatic rings. The van der Waals surface area contributed by atoms with Crippen LogP contribution in [0.5, 0.6) is 0 Å². The highest BCUT2D eigenvalue weighted by atomic mass is 19.2. The van der Waals surface area contributed by atoms with Crippen molar-refractivity contribution < 1.29 is 18.3 Å². The van der Waals surface area contributed by atoms with Crippen LogP contribution in [0.4, 0.5) is 8.78 Å². The van der Waals surface area contributed by atoms with E-state index < -0.39 is 40.3 Å². The molecular formula is C15H16F2N2O4. The van der Waals surface area contributed by atoms with Gasteiger partial charge in [0.15, 0.2) is 11.6 Å². The van der Waals surface area contributed by atoms with Crippen molar-refractivity contribution in [2.45, 2.75) is 26.3 Å². The summed E-state index contributed by atoms with van der Waals surface area (Å²) in [6.07, 6.45) is 0.137. The Bertz CT molecular complexity index is 870. The van der Waals surface area contributed by atoms with E-state index in [-0.39, 0.29) is 17.9 Å². The molecule has 2 aromatic rings. The first kappa shape index (κ1) is 16.9. The number of H-pyrrole nitrogens is 1. The summed E-state index contributed by atoms with van der Waals surface area (Å²) in [6, 6.07) is 0.683. The third-order valence-electron chi connectivity index (χ3n) is 3.47. The molecule has 0 aliphatic heterocycles. The summed E-state index contributed by atoms with van der Waals surface area (Å²) in [7, 11) is 1.12. The number of carbonyl (C=O) groups is 1. The maximum absolute atomic E-state index is 14.0. The second-order valence-electron chi connectivity index (χ2n) is 5.56. The lowest BCUT2D eigenvalue weighted by Crippen LogP contribution is -2.42. The third kappa shape index (κ3) is 3.01. The van der Waals surface area contributed by atoms with Crippen molar-refractivity contribution in [1.29, 1.82) is 0 Å². The number of esters is 1. The van der Waals surface area contributed by atoms with Gasteiger partial charge in [0, 0.05) is 0 Å². The van der Waals surface area contributed by atoms with E-state index in [0.29, 0.717) is 4.57 Å². The topological polar surface area (TPSA) is 81.2 Å². The minimum atomic E-state index is -1.37. The van der Waals surface area contributed by atoms with Crippen molar-refractivity contribution in [3.8, 4) is 0 Å². The van der Waals surface area contributed by atoms with Crippen LogP contribution in [0.25, 0.3) is 10.9 Å². The number of fused-ring (bicyclic) bond motifs is 1. The van der Waals surface area contributed by atoms with Gasteiger partial charge in [-0.1, -0.05) is 13.8 Å². The Labute approximate surface area is 129 Å². The van der Waals surface area contributed by atoms with Gasteiger partial charge in [0.2, 0.25) is 0 Å². The molecule has 0 bridgehead atoms. The molecule has 0 spiro atoms. The zero-order valence-electron chi connectivity index (χ0n) is 12.9. The maximum atomic E-state index is 14.0. The molecule has 0 radical (unpaired) electrons. The number of nitrogens with zero attached hydrogens (tertiary/aromatic N) is 1. The normalized spacial score (nSPS) is 12.6. The number of halogens is 2. The lowest BCUT2D eigenvalue weighted by atomic mass is 10.0. The first-order valence-corrected chi connectivity index (χ1v) is 6.98. The predicted molar refractivity (Wildman–Crippen MR) is 79.3 cm³/mol. The number of aromatic amines is 1. The van der Waals surface area contributed by atoms with Crippen molar-refractivity contribution in [2.24, 2.45) is 5.92 Å². The highest BCUT2D eigenvalue weighted by Gasteiger charge is 2.27. The Hall–Kier alpha value is -2.51. The van der Waals surface area contributed by atoms with Crippen molar-refractivity contribution >= 4 is 16.9 Å². The number of benzene rings is 1. The van der Waals surface area contributed by atoms with Gasteiger partial charge in [-0.2, -0.15) is 0 Å². The minimum absolute atomic E-state index is 0.0431.